The van der Waals surface area contributed by atoms with Crippen molar-refractivity contribution in [2.24, 2.45) is 0 Å². The average Bonchev–Trinajstić information content (AvgIpc) is 2.66. The average molecular weight is 287 g/mol. The number of benzene rings is 2. The van der Waals surface area contributed by atoms with E-state index < -0.39 is 11.8 Å². The molecule has 0 spiro atoms. The van der Waals surface area contributed by atoms with Crippen LogP contribution in [0, 0.1) is 6.92 Å². The first-order chi connectivity index (χ1) is 9.50. The van der Waals surface area contributed by atoms with Crippen molar-refractivity contribution in [1.29, 1.82) is 0 Å². The van der Waals surface area contributed by atoms with Gasteiger partial charge in [0.25, 0.3) is 11.8 Å². The summed E-state index contributed by atoms with van der Waals surface area (Å²) in [6, 6.07) is 10.0. The molecule has 100 valence electrons. The van der Waals surface area contributed by atoms with Gasteiger partial charge in [-0.05, 0) is 36.8 Å². The summed E-state index contributed by atoms with van der Waals surface area (Å²) in [6.07, 6.45) is 0. The van der Waals surface area contributed by atoms with Gasteiger partial charge in [-0.15, -0.1) is 0 Å². The molecule has 2 aromatic carbocycles. The summed E-state index contributed by atoms with van der Waals surface area (Å²) in [5.74, 6) is -0.833. The van der Waals surface area contributed by atoms with E-state index in [4.69, 9.17) is 17.3 Å². The van der Waals surface area contributed by atoms with Crippen LogP contribution in [0.25, 0.3) is 0 Å². The van der Waals surface area contributed by atoms with E-state index in [2.05, 4.69) is 0 Å². The van der Waals surface area contributed by atoms with Crippen LogP contribution in [0.15, 0.2) is 36.4 Å². The first-order valence-electron chi connectivity index (χ1n) is 6.04. The minimum atomic E-state index is -0.435. The number of rotatable bonds is 1. The van der Waals surface area contributed by atoms with Crippen molar-refractivity contribution >= 4 is 34.8 Å². The number of imide groups is 1. The molecule has 2 amide bonds. The number of halogens is 1. The number of nitrogen functional groups attached to an aromatic ring is 1. The number of fused-ring (bicyclic) bond motifs is 1. The Morgan fingerprint density at radius 1 is 1.10 bits per heavy atom. The van der Waals surface area contributed by atoms with Crippen molar-refractivity contribution in [3.63, 3.8) is 0 Å². The molecule has 20 heavy (non-hydrogen) atoms. The first-order valence-corrected chi connectivity index (χ1v) is 6.42. The van der Waals surface area contributed by atoms with Crippen LogP contribution in [-0.2, 0) is 0 Å². The van der Waals surface area contributed by atoms with Crippen molar-refractivity contribution in [2.75, 3.05) is 10.6 Å². The molecule has 0 fully saturated rings. The Labute approximate surface area is 120 Å². The molecule has 4 nitrogen and oxygen atoms in total. The minimum absolute atomic E-state index is 0.245. The van der Waals surface area contributed by atoms with Crippen LogP contribution in [0.4, 0.5) is 11.4 Å². The minimum Gasteiger partial charge on any atom is -0.398 e. The number of amides is 2. The summed E-state index contributed by atoms with van der Waals surface area (Å²) in [7, 11) is 0. The third kappa shape index (κ3) is 1.69. The summed E-state index contributed by atoms with van der Waals surface area (Å²) in [6.45, 7) is 1.87. The van der Waals surface area contributed by atoms with Crippen LogP contribution in [-0.4, -0.2) is 11.8 Å². The quantitative estimate of drug-likeness (QED) is 0.647. The van der Waals surface area contributed by atoms with Crippen molar-refractivity contribution in [2.45, 2.75) is 6.92 Å². The molecule has 0 saturated carbocycles. The van der Waals surface area contributed by atoms with Crippen molar-refractivity contribution in [1.82, 2.24) is 0 Å². The lowest BCUT2D eigenvalue weighted by molar-refractivity contribution is 0.0926. The van der Waals surface area contributed by atoms with Gasteiger partial charge >= 0.3 is 0 Å². The largest absolute Gasteiger partial charge is 0.398 e. The number of carbonyl (C=O) groups is 2. The van der Waals surface area contributed by atoms with Gasteiger partial charge in [-0.1, -0.05) is 23.7 Å². The third-order valence-electron chi connectivity index (χ3n) is 3.29. The lowest BCUT2D eigenvalue weighted by Crippen LogP contribution is -2.29. The Kier molecular flexibility index (Phi) is 2.76. The Bertz CT molecular complexity index is 756. The zero-order valence-corrected chi connectivity index (χ0v) is 11.4. The molecule has 2 aromatic rings. The van der Waals surface area contributed by atoms with Gasteiger partial charge < -0.3 is 5.73 Å². The second-order valence-corrected chi connectivity index (χ2v) is 5.08. The van der Waals surface area contributed by atoms with Crippen LogP contribution in [0.3, 0.4) is 0 Å². The molecule has 1 heterocycles. The standard InChI is InChI=1S/C15H11ClN2O2/c1-8-5-6-10(16)12(7-8)18-14(19)9-3-2-4-11(17)13(9)15(18)20/h2-7H,17H2,1H3. The lowest BCUT2D eigenvalue weighted by Gasteiger charge is -2.16. The molecule has 0 atom stereocenters. The summed E-state index contributed by atoms with van der Waals surface area (Å²) in [5, 5.41) is 0.351. The number of nitrogens with zero attached hydrogens (tertiary/aromatic N) is 1. The maximum atomic E-state index is 12.5. The molecule has 0 aromatic heterocycles. The molecule has 1 aliphatic rings. The number of hydrogen-bond acceptors (Lipinski definition) is 3. The molecule has 0 aliphatic carbocycles. The molecule has 0 bridgehead atoms. The highest BCUT2D eigenvalue weighted by atomic mass is 35.5. The van der Waals surface area contributed by atoms with Crippen LogP contribution in [0.5, 0.6) is 0 Å². The van der Waals surface area contributed by atoms with Crippen molar-refractivity contribution < 1.29 is 9.59 Å². The molecule has 1 aliphatic heterocycles. The van der Waals surface area contributed by atoms with Gasteiger partial charge in [0.1, 0.15) is 0 Å². The summed E-state index contributed by atoms with van der Waals surface area (Å²) < 4.78 is 0. The highest BCUT2D eigenvalue weighted by Gasteiger charge is 2.38. The van der Waals surface area contributed by atoms with E-state index in [1.54, 1.807) is 30.3 Å². The predicted molar refractivity (Wildman–Crippen MR) is 78.2 cm³/mol. The third-order valence-corrected chi connectivity index (χ3v) is 3.61. The molecule has 0 radical (unpaired) electrons. The van der Waals surface area contributed by atoms with Gasteiger partial charge in [0.05, 0.1) is 21.8 Å². The van der Waals surface area contributed by atoms with Crippen molar-refractivity contribution in [3.05, 3.63) is 58.1 Å². The zero-order chi connectivity index (χ0) is 14.4. The van der Waals surface area contributed by atoms with Crippen molar-refractivity contribution in [3.8, 4) is 0 Å². The van der Waals surface area contributed by atoms with E-state index in [1.165, 1.54) is 0 Å². The number of nitrogens with two attached hydrogens (primary N) is 1. The number of aryl methyl sites for hydroxylation is 1. The second-order valence-electron chi connectivity index (χ2n) is 4.67. The van der Waals surface area contributed by atoms with Gasteiger partial charge in [0.15, 0.2) is 0 Å². The highest BCUT2D eigenvalue weighted by Crippen LogP contribution is 2.35. The smallest absolute Gasteiger partial charge is 0.268 e. The lowest BCUT2D eigenvalue weighted by atomic mass is 10.1. The van der Waals surface area contributed by atoms with Gasteiger partial charge in [0.2, 0.25) is 0 Å². The van der Waals surface area contributed by atoms with E-state index in [9.17, 15) is 9.59 Å². The van der Waals surface area contributed by atoms with Crippen LogP contribution >= 0.6 is 11.6 Å². The molecular weight excluding hydrogens is 276 g/mol. The predicted octanol–water partition coefficient (Wildman–Crippen LogP) is 3.03. The molecule has 0 unspecified atom stereocenters. The van der Waals surface area contributed by atoms with Gasteiger partial charge in [-0.2, -0.15) is 0 Å². The normalized spacial score (nSPS) is 13.8. The maximum Gasteiger partial charge on any atom is 0.268 e. The van der Waals surface area contributed by atoms with Crippen LogP contribution < -0.4 is 10.6 Å². The van der Waals surface area contributed by atoms with Crippen LogP contribution in [0.2, 0.25) is 5.02 Å². The number of anilines is 2. The van der Waals surface area contributed by atoms with E-state index in [-0.39, 0.29) is 5.56 Å². The fourth-order valence-corrected chi connectivity index (χ4v) is 2.53. The Morgan fingerprint density at radius 3 is 2.55 bits per heavy atom. The fourth-order valence-electron chi connectivity index (χ4n) is 2.32. The Morgan fingerprint density at radius 2 is 1.85 bits per heavy atom. The van der Waals surface area contributed by atoms with Gasteiger partial charge in [0, 0.05) is 5.69 Å². The Hall–Kier alpha value is -2.33. The monoisotopic (exact) mass is 286 g/mol. The SMILES string of the molecule is Cc1ccc(Cl)c(N2C(=O)c3cccc(N)c3C2=O)c1. The molecular formula is C15H11ClN2O2. The molecule has 0 saturated heterocycles. The van der Waals surface area contributed by atoms with E-state index in [0.717, 1.165) is 10.5 Å². The topological polar surface area (TPSA) is 63.4 Å². The van der Waals surface area contributed by atoms with Gasteiger partial charge in [-0.25, -0.2) is 4.90 Å². The maximum absolute atomic E-state index is 12.5. The van der Waals surface area contributed by atoms with E-state index in [0.29, 0.717) is 22.0 Å². The zero-order valence-electron chi connectivity index (χ0n) is 10.7. The fraction of sp³-hybridized carbons (Fsp3) is 0.0667. The summed E-state index contributed by atoms with van der Waals surface area (Å²) in [4.78, 5) is 26.0. The van der Waals surface area contributed by atoms with Crippen LogP contribution in [0.1, 0.15) is 26.3 Å². The number of carbonyl (C=O) groups excluding carboxylic acids is 2. The molecule has 2 N–H and O–H groups in total. The van der Waals surface area contributed by atoms with E-state index in [1.807, 2.05) is 13.0 Å². The Balaban J connectivity index is 2.19. The first kappa shape index (κ1) is 12.7. The van der Waals surface area contributed by atoms with Gasteiger partial charge in [-0.3, -0.25) is 9.59 Å². The highest BCUT2D eigenvalue weighted by molar-refractivity contribution is 6.40. The molecule has 3 rings (SSSR count). The second kappa shape index (κ2) is 4.35. The molecule has 5 heteroatoms. The van der Waals surface area contributed by atoms with E-state index >= 15 is 0 Å². The summed E-state index contributed by atoms with van der Waals surface area (Å²) >= 11 is 6.11. The number of hydrogen-bond donors (Lipinski definition) is 1. The summed E-state index contributed by atoms with van der Waals surface area (Å²) in [5.41, 5.74) is 7.95.